The van der Waals surface area contributed by atoms with Crippen molar-refractivity contribution in [3.63, 3.8) is 0 Å². The lowest BCUT2D eigenvalue weighted by Crippen LogP contribution is -2.08. The Morgan fingerprint density at radius 3 is 1.64 bits per heavy atom. The van der Waals surface area contributed by atoms with Gasteiger partial charge in [0, 0.05) is 6.42 Å². The molecule has 4 N–H and O–H groups in total. The zero-order valence-corrected chi connectivity index (χ0v) is 6.15. The zero-order chi connectivity index (χ0) is 8.36. The number of nitrogens with two attached hydrogens (primary N) is 1. The molecule has 7 heteroatoms. The van der Waals surface area contributed by atoms with Crippen LogP contribution in [0.4, 0.5) is 13.6 Å². The van der Waals surface area contributed by atoms with Crippen LogP contribution in [0.2, 0.25) is 0 Å². The zero-order valence-electron chi connectivity index (χ0n) is 5.33. The summed E-state index contributed by atoms with van der Waals surface area (Å²) in [4.78, 5) is 8.56. The summed E-state index contributed by atoms with van der Waals surface area (Å²) in [5.41, 5.74) is 4.75. The van der Waals surface area contributed by atoms with E-state index in [1.807, 2.05) is 0 Å². The molecular formula is C4H8ClF2NO3. The van der Waals surface area contributed by atoms with Gasteiger partial charge in [-0.15, -0.1) is 12.4 Å². The lowest BCUT2D eigenvalue weighted by molar-refractivity contribution is 0.113. The van der Waals surface area contributed by atoms with Crippen molar-refractivity contribution in [2.75, 3.05) is 0 Å². The molecule has 11 heavy (non-hydrogen) atoms. The quantitative estimate of drug-likeness (QED) is 0.533. The molecule has 68 valence electrons. The van der Waals surface area contributed by atoms with Crippen LogP contribution in [0.5, 0.6) is 0 Å². The number of rotatable bonds is 0. The average molecular weight is 192 g/mol. The monoisotopic (exact) mass is 191 g/mol. The van der Waals surface area contributed by atoms with Crippen molar-refractivity contribution in [3.8, 4) is 0 Å². The van der Waals surface area contributed by atoms with E-state index in [2.05, 4.69) is 0 Å². The summed E-state index contributed by atoms with van der Waals surface area (Å²) < 4.78 is 22.8. The fourth-order valence-electron chi connectivity index (χ4n) is 0.234. The predicted octanol–water partition coefficient (Wildman–Crippen LogP) is 0.997. The van der Waals surface area contributed by atoms with Crippen LogP contribution >= 0.6 is 12.4 Å². The Morgan fingerprint density at radius 2 is 1.64 bits per heavy atom. The number of hydrogen-bond donors (Lipinski definition) is 3. The summed E-state index contributed by atoms with van der Waals surface area (Å²) in [6.07, 6.45) is -1.95. The highest BCUT2D eigenvalue weighted by Gasteiger charge is 2.54. The highest BCUT2D eigenvalue weighted by Crippen LogP contribution is 2.39. The molecule has 1 saturated carbocycles. The van der Waals surface area contributed by atoms with E-state index < -0.39 is 18.1 Å². The highest BCUT2D eigenvalue weighted by molar-refractivity contribution is 5.85. The van der Waals surface area contributed by atoms with Gasteiger partial charge in [0.05, 0.1) is 6.04 Å². The maximum absolute atomic E-state index is 11.4. The van der Waals surface area contributed by atoms with Gasteiger partial charge >= 0.3 is 6.16 Å². The summed E-state index contributed by atoms with van der Waals surface area (Å²) in [6, 6.07) is -0.836. The molecule has 1 aliphatic carbocycles. The third kappa shape index (κ3) is 7.27. The second kappa shape index (κ2) is 4.30. The second-order valence-electron chi connectivity index (χ2n) is 1.85. The van der Waals surface area contributed by atoms with Crippen molar-refractivity contribution in [1.82, 2.24) is 0 Å². The van der Waals surface area contributed by atoms with E-state index in [1.54, 1.807) is 0 Å². The van der Waals surface area contributed by atoms with E-state index in [9.17, 15) is 8.78 Å². The third-order valence-electron chi connectivity index (χ3n) is 0.874. The van der Waals surface area contributed by atoms with E-state index >= 15 is 0 Å². The van der Waals surface area contributed by atoms with Crippen molar-refractivity contribution in [1.29, 1.82) is 0 Å². The van der Waals surface area contributed by atoms with Gasteiger partial charge in [-0.3, -0.25) is 0 Å². The van der Waals surface area contributed by atoms with Gasteiger partial charge in [0.15, 0.2) is 0 Å². The van der Waals surface area contributed by atoms with Crippen molar-refractivity contribution >= 4 is 18.6 Å². The number of carboxylic acid groups (broad SMARTS) is 2. The van der Waals surface area contributed by atoms with Crippen LogP contribution in [-0.2, 0) is 0 Å². The molecule has 0 aromatic rings. The Labute approximate surface area is 67.4 Å². The van der Waals surface area contributed by atoms with Gasteiger partial charge in [-0.1, -0.05) is 0 Å². The molecule has 0 aromatic heterocycles. The molecule has 0 saturated heterocycles. The lowest BCUT2D eigenvalue weighted by Gasteiger charge is -1.82. The molecule has 0 bridgehead atoms. The first-order valence-electron chi connectivity index (χ1n) is 2.41. The molecule has 0 heterocycles. The van der Waals surface area contributed by atoms with Gasteiger partial charge in [-0.2, -0.15) is 0 Å². The molecule has 0 aliphatic heterocycles. The Bertz CT molecular complexity index is 139. The van der Waals surface area contributed by atoms with Crippen LogP contribution < -0.4 is 5.73 Å². The normalized spacial score (nSPS) is 23.7. The molecule has 1 rings (SSSR count). The third-order valence-corrected chi connectivity index (χ3v) is 0.874. The Hall–Kier alpha value is -0.620. The molecule has 0 aromatic carbocycles. The second-order valence-corrected chi connectivity index (χ2v) is 1.85. The van der Waals surface area contributed by atoms with Crippen LogP contribution in [0, 0.1) is 0 Å². The van der Waals surface area contributed by atoms with Crippen LogP contribution in [0.15, 0.2) is 0 Å². The van der Waals surface area contributed by atoms with Crippen molar-refractivity contribution in [2.45, 2.75) is 18.4 Å². The standard InChI is InChI=1S/C3H5F2N.CH2O3.ClH/c4-3(5)1-2(3)6;2-1(3)4;/h2H,1,6H2;(H2,2,3,4);1H. The molecule has 1 atom stereocenters. The minimum absolute atomic E-state index is 0. The average Bonchev–Trinajstić information content (AvgIpc) is 2.08. The summed E-state index contributed by atoms with van der Waals surface area (Å²) in [6.45, 7) is 0. The molecule has 4 nitrogen and oxygen atoms in total. The van der Waals surface area contributed by atoms with E-state index in [0.717, 1.165) is 0 Å². The van der Waals surface area contributed by atoms with E-state index in [-0.39, 0.29) is 18.8 Å². The van der Waals surface area contributed by atoms with Gasteiger partial charge in [0.25, 0.3) is 5.92 Å². The Morgan fingerprint density at radius 1 is 1.55 bits per heavy atom. The maximum atomic E-state index is 11.4. The smallest absolute Gasteiger partial charge is 0.450 e. The van der Waals surface area contributed by atoms with Crippen LogP contribution in [0.1, 0.15) is 6.42 Å². The molecule has 0 spiro atoms. The van der Waals surface area contributed by atoms with Crippen LogP contribution in [0.3, 0.4) is 0 Å². The van der Waals surface area contributed by atoms with Gasteiger partial charge in [-0.05, 0) is 0 Å². The first kappa shape index (κ1) is 13.0. The summed E-state index contributed by atoms with van der Waals surface area (Å²) >= 11 is 0. The van der Waals surface area contributed by atoms with E-state index in [1.165, 1.54) is 0 Å². The van der Waals surface area contributed by atoms with Gasteiger partial charge in [0.1, 0.15) is 0 Å². The SMILES string of the molecule is Cl.NC1CC1(F)F.O=C(O)O. The van der Waals surface area contributed by atoms with Crippen LogP contribution in [-0.4, -0.2) is 28.3 Å². The largest absolute Gasteiger partial charge is 0.503 e. The maximum Gasteiger partial charge on any atom is 0.503 e. The first-order valence-corrected chi connectivity index (χ1v) is 2.41. The minimum atomic E-state index is -2.51. The summed E-state index contributed by atoms with van der Waals surface area (Å²) in [5.74, 6) is -2.51. The number of hydrogen-bond acceptors (Lipinski definition) is 2. The predicted molar refractivity (Wildman–Crippen MR) is 35.4 cm³/mol. The number of carbonyl (C=O) groups is 1. The topological polar surface area (TPSA) is 83.6 Å². The minimum Gasteiger partial charge on any atom is -0.450 e. The van der Waals surface area contributed by atoms with Crippen molar-refractivity contribution < 1.29 is 23.8 Å². The molecule has 1 fully saturated rings. The van der Waals surface area contributed by atoms with Gasteiger partial charge in [-0.25, -0.2) is 13.6 Å². The highest BCUT2D eigenvalue weighted by atomic mass is 35.5. The Kier molecular flexibility index (Phi) is 5.08. The van der Waals surface area contributed by atoms with Crippen molar-refractivity contribution in [2.24, 2.45) is 5.73 Å². The first-order chi connectivity index (χ1) is 4.36. The van der Waals surface area contributed by atoms with Gasteiger partial charge in [0.2, 0.25) is 0 Å². The van der Waals surface area contributed by atoms with E-state index in [4.69, 9.17) is 20.7 Å². The molecule has 0 amide bonds. The van der Waals surface area contributed by atoms with Crippen LogP contribution in [0.25, 0.3) is 0 Å². The van der Waals surface area contributed by atoms with E-state index in [0.29, 0.717) is 0 Å². The van der Waals surface area contributed by atoms with Gasteiger partial charge < -0.3 is 15.9 Å². The number of alkyl halides is 2. The fourth-order valence-corrected chi connectivity index (χ4v) is 0.234. The van der Waals surface area contributed by atoms with Crippen molar-refractivity contribution in [3.05, 3.63) is 0 Å². The lowest BCUT2D eigenvalue weighted by atomic mass is 10.7. The summed E-state index contributed by atoms with van der Waals surface area (Å²) in [5, 5.41) is 13.9. The number of halogens is 3. The molecule has 1 aliphatic rings. The fraction of sp³-hybridized carbons (Fsp3) is 0.750. The molecule has 0 radical (unpaired) electrons. The summed E-state index contributed by atoms with van der Waals surface area (Å²) in [7, 11) is 0. The molecular weight excluding hydrogens is 183 g/mol. The molecule has 1 unspecified atom stereocenters. The Balaban J connectivity index is 0.